The molecule has 1 fully saturated rings. The van der Waals surface area contributed by atoms with Gasteiger partial charge >= 0.3 is 5.69 Å². The fraction of sp³-hybridized carbons (Fsp3) is 0.389. The predicted molar refractivity (Wildman–Crippen MR) is 98.5 cm³/mol. The van der Waals surface area contributed by atoms with Crippen molar-refractivity contribution < 1.29 is 4.79 Å². The zero-order chi connectivity index (χ0) is 18.6. The van der Waals surface area contributed by atoms with Crippen molar-refractivity contribution in [2.75, 3.05) is 11.9 Å². The summed E-state index contributed by atoms with van der Waals surface area (Å²) in [6.45, 7) is 0.564. The summed E-state index contributed by atoms with van der Waals surface area (Å²) in [5, 5.41) is 3.77. The molecule has 1 aromatic heterocycles. The largest absolute Gasteiger partial charge is 0.361 e. The van der Waals surface area contributed by atoms with Crippen molar-refractivity contribution in [3.05, 3.63) is 61.4 Å². The maximum Gasteiger partial charge on any atom is 0.330 e. The van der Waals surface area contributed by atoms with Gasteiger partial charge in [-0.05, 0) is 37.0 Å². The molecule has 0 saturated heterocycles. The smallest absolute Gasteiger partial charge is 0.330 e. The van der Waals surface area contributed by atoms with Crippen LogP contribution in [0.25, 0.3) is 0 Å². The van der Waals surface area contributed by atoms with E-state index in [0.717, 1.165) is 17.4 Å². The molecule has 1 aliphatic carbocycles. The second-order valence-corrected chi connectivity index (χ2v) is 7.42. The quantitative estimate of drug-likeness (QED) is 0.887. The van der Waals surface area contributed by atoms with Gasteiger partial charge in [0.15, 0.2) is 0 Å². The number of nitrogens with zero attached hydrogens (tertiary/aromatic N) is 3. The molecule has 136 valence electrons. The molecular weight excluding hydrogens is 356 g/mol. The standard InChI is InChI=1S/C18H19ClN4O3/c1-21-9-13(16(24)22(2)18(21)26)15-20-14-6-5-11(19)7-12(14)17(25)23(15)8-10-3-4-10/h5-7,9-10,15,20H,3-4,8H2,1-2H3. The van der Waals surface area contributed by atoms with Crippen molar-refractivity contribution in [3.8, 4) is 0 Å². The molecule has 0 radical (unpaired) electrons. The Morgan fingerprint density at radius 2 is 1.92 bits per heavy atom. The van der Waals surface area contributed by atoms with E-state index in [2.05, 4.69) is 5.32 Å². The van der Waals surface area contributed by atoms with Gasteiger partial charge in [-0.2, -0.15) is 0 Å². The van der Waals surface area contributed by atoms with E-state index in [-0.39, 0.29) is 5.91 Å². The highest BCUT2D eigenvalue weighted by Gasteiger charge is 2.38. The van der Waals surface area contributed by atoms with Gasteiger partial charge in [0.05, 0.1) is 11.1 Å². The van der Waals surface area contributed by atoms with Crippen LogP contribution in [0.15, 0.2) is 34.0 Å². The summed E-state index contributed by atoms with van der Waals surface area (Å²) < 4.78 is 2.42. The van der Waals surface area contributed by atoms with Crippen molar-refractivity contribution in [3.63, 3.8) is 0 Å². The predicted octanol–water partition coefficient (Wildman–Crippen LogP) is 1.71. The van der Waals surface area contributed by atoms with Gasteiger partial charge in [-0.15, -0.1) is 0 Å². The minimum absolute atomic E-state index is 0.158. The second-order valence-electron chi connectivity index (χ2n) is 6.98. The van der Waals surface area contributed by atoms with Gasteiger partial charge in [0.2, 0.25) is 0 Å². The molecule has 8 heteroatoms. The van der Waals surface area contributed by atoms with Gasteiger partial charge in [0.1, 0.15) is 6.17 Å². The number of fused-ring (bicyclic) bond motifs is 1. The van der Waals surface area contributed by atoms with Gasteiger partial charge in [0.25, 0.3) is 11.5 Å². The van der Waals surface area contributed by atoms with Crippen LogP contribution in [0.3, 0.4) is 0 Å². The molecule has 1 unspecified atom stereocenters. The summed E-state index contributed by atoms with van der Waals surface area (Å²) in [6, 6.07) is 5.08. The van der Waals surface area contributed by atoms with E-state index in [4.69, 9.17) is 11.6 Å². The van der Waals surface area contributed by atoms with Crippen molar-refractivity contribution in [1.82, 2.24) is 14.0 Å². The summed E-state index contributed by atoms with van der Waals surface area (Å²) in [5.41, 5.74) is 0.686. The molecule has 2 heterocycles. The molecular formula is C18H19ClN4O3. The number of aromatic nitrogens is 2. The first-order valence-corrected chi connectivity index (χ1v) is 8.88. The molecule has 26 heavy (non-hydrogen) atoms. The number of carbonyl (C=O) groups is 1. The van der Waals surface area contributed by atoms with Crippen LogP contribution in [0.2, 0.25) is 5.02 Å². The molecule has 2 aliphatic rings. The van der Waals surface area contributed by atoms with E-state index < -0.39 is 17.4 Å². The molecule has 7 nitrogen and oxygen atoms in total. The maximum atomic E-state index is 13.1. The van der Waals surface area contributed by atoms with Gasteiger partial charge in [0, 0.05) is 37.5 Å². The molecule has 4 rings (SSSR count). The van der Waals surface area contributed by atoms with E-state index >= 15 is 0 Å². The number of anilines is 1. The highest BCUT2D eigenvalue weighted by molar-refractivity contribution is 6.31. The minimum atomic E-state index is -0.623. The Morgan fingerprint density at radius 3 is 2.62 bits per heavy atom. The first-order chi connectivity index (χ1) is 12.4. The monoisotopic (exact) mass is 374 g/mol. The topological polar surface area (TPSA) is 76.3 Å². The number of halogens is 1. The fourth-order valence-corrected chi connectivity index (χ4v) is 3.52. The lowest BCUT2D eigenvalue weighted by molar-refractivity contribution is 0.0670. The average molecular weight is 375 g/mol. The molecule has 2 aromatic rings. The number of hydrogen-bond donors (Lipinski definition) is 1. The lowest BCUT2D eigenvalue weighted by Gasteiger charge is -2.38. The molecule has 0 spiro atoms. The zero-order valence-corrected chi connectivity index (χ0v) is 15.3. The molecule has 1 N–H and O–H groups in total. The number of amides is 1. The van der Waals surface area contributed by atoms with E-state index in [1.165, 1.54) is 17.8 Å². The lowest BCUT2D eigenvalue weighted by atomic mass is 10.0. The van der Waals surface area contributed by atoms with Gasteiger partial charge < -0.3 is 14.8 Å². The molecule has 1 aliphatic heterocycles. The van der Waals surface area contributed by atoms with Gasteiger partial charge in [-0.3, -0.25) is 14.2 Å². The Labute approximate surface area is 154 Å². The lowest BCUT2D eigenvalue weighted by Crippen LogP contribution is -2.48. The summed E-state index contributed by atoms with van der Waals surface area (Å²) in [6.07, 6.45) is 3.03. The highest BCUT2D eigenvalue weighted by Crippen LogP contribution is 2.37. The van der Waals surface area contributed by atoms with E-state index in [1.807, 2.05) is 0 Å². The molecule has 1 atom stereocenters. The average Bonchev–Trinajstić information content (AvgIpc) is 3.43. The van der Waals surface area contributed by atoms with Crippen LogP contribution in [-0.2, 0) is 14.1 Å². The van der Waals surface area contributed by atoms with Crippen LogP contribution in [0, 0.1) is 5.92 Å². The number of nitrogens with one attached hydrogen (secondary N) is 1. The number of rotatable bonds is 3. The number of aryl methyl sites for hydroxylation is 1. The van der Waals surface area contributed by atoms with Crippen molar-refractivity contribution in [2.24, 2.45) is 20.0 Å². The van der Waals surface area contributed by atoms with Crippen molar-refractivity contribution in [1.29, 1.82) is 0 Å². The third-order valence-corrected chi connectivity index (χ3v) is 5.23. The van der Waals surface area contributed by atoms with Crippen LogP contribution in [-0.4, -0.2) is 26.5 Å². The van der Waals surface area contributed by atoms with E-state index in [0.29, 0.717) is 34.3 Å². The van der Waals surface area contributed by atoms with Gasteiger partial charge in [-0.25, -0.2) is 4.79 Å². The SMILES string of the molecule is Cn1cc(C2Nc3ccc(Cl)cc3C(=O)N2CC2CC2)c(=O)n(C)c1=O. The zero-order valence-electron chi connectivity index (χ0n) is 14.5. The molecule has 0 bridgehead atoms. The number of carbonyl (C=O) groups excluding carboxylic acids is 1. The molecule has 1 aromatic carbocycles. The van der Waals surface area contributed by atoms with Crippen molar-refractivity contribution in [2.45, 2.75) is 19.0 Å². The maximum absolute atomic E-state index is 13.1. The highest BCUT2D eigenvalue weighted by atomic mass is 35.5. The first-order valence-electron chi connectivity index (χ1n) is 8.50. The Bertz CT molecular complexity index is 1020. The molecule has 1 amide bonds. The minimum Gasteiger partial charge on any atom is -0.361 e. The van der Waals surface area contributed by atoms with Crippen LogP contribution in [0.5, 0.6) is 0 Å². The summed E-state index contributed by atoms with van der Waals surface area (Å²) >= 11 is 6.06. The second kappa shape index (κ2) is 6.02. The van der Waals surface area contributed by atoms with Crippen molar-refractivity contribution >= 4 is 23.2 Å². The van der Waals surface area contributed by atoms with Crippen LogP contribution >= 0.6 is 11.6 Å². The normalized spacial score (nSPS) is 19.3. The number of benzene rings is 1. The Morgan fingerprint density at radius 1 is 1.19 bits per heavy atom. The third kappa shape index (κ3) is 2.72. The Balaban J connectivity index is 1.86. The third-order valence-electron chi connectivity index (χ3n) is 5.00. The fourth-order valence-electron chi connectivity index (χ4n) is 3.35. The first kappa shape index (κ1) is 16.9. The summed E-state index contributed by atoms with van der Waals surface area (Å²) in [4.78, 5) is 39.5. The van der Waals surface area contributed by atoms with E-state index in [1.54, 1.807) is 30.1 Å². The van der Waals surface area contributed by atoms with E-state index in [9.17, 15) is 14.4 Å². The van der Waals surface area contributed by atoms with Crippen LogP contribution in [0.1, 0.15) is 34.9 Å². The number of hydrogen-bond acceptors (Lipinski definition) is 4. The summed E-state index contributed by atoms with van der Waals surface area (Å²) in [7, 11) is 3.03. The van der Waals surface area contributed by atoms with Gasteiger partial charge in [-0.1, -0.05) is 11.6 Å². The molecule has 1 saturated carbocycles. The Kier molecular flexibility index (Phi) is 3.91. The Hall–Kier alpha value is -2.54. The summed E-state index contributed by atoms with van der Waals surface area (Å²) in [5.74, 6) is 0.287. The van der Waals surface area contributed by atoms with Crippen LogP contribution in [0.4, 0.5) is 5.69 Å². The van der Waals surface area contributed by atoms with Crippen LogP contribution < -0.4 is 16.6 Å².